The lowest BCUT2D eigenvalue weighted by Crippen LogP contribution is -2.48. The van der Waals surface area contributed by atoms with E-state index in [1.54, 1.807) is 26.4 Å². The van der Waals surface area contributed by atoms with Gasteiger partial charge in [-0.3, -0.25) is 4.79 Å². The molecule has 3 aromatic rings. The monoisotopic (exact) mass is 534 g/mol. The van der Waals surface area contributed by atoms with Crippen molar-refractivity contribution in [2.75, 3.05) is 33.9 Å². The van der Waals surface area contributed by atoms with E-state index in [1.165, 1.54) is 12.1 Å². The highest BCUT2D eigenvalue weighted by atomic mass is 19.1. The number of alkyl carbamates (subject to hydrolysis) is 1. The molecule has 206 valence electrons. The third kappa shape index (κ3) is 7.28. The Morgan fingerprint density at radius 1 is 0.923 bits per heavy atom. The zero-order valence-electron chi connectivity index (χ0n) is 22.5. The number of amides is 2. The summed E-state index contributed by atoms with van der Waals surface area (Å²) in [6.45, 7) is 1.32. The van der Waals surface area contributed by atoms with Crippen molar-refractivity contribution in [1.82, 2.24) is 10.2 Å². The molecule has 1 heterocycles. The van der Waals surface area contributed by atoms with Crippen LogP contribution in [0.2, 0.25) is 0 Å². The molecule has 7 nitrogen and oxygen atoms in total. The van der Waals surface area contributed by atoms with E-state index in [9.17, 15) is 14.0 Å². The molecule has 0 bridgehead atoms. The molecule has 2 amide bonds. The number of benzene rings is 3. The molecule has 0 unspecified atom stereocenters. The first-order valence-electron chi connectivity index (χ1n) is 13.2. The molecule has 1 N–H and O–H groups in total. The van der Waals surface area contributed by atoms with E-state index >= 15 is 0 Å². The molecule has 0 radical (unpaired) electrons. The standard InChI is InChI=1S/C31H35FN2O5/c1-37-27-13-14-28(38-2)24(22-27)16-19-33-30(36)39-31(25-6-4-3-5-7-25)17-20-34(21-18-31)29(35)15-10-23-8-11-26(32)12-9-23/h3-9,11-14,22H,10,15-21H2,1-2H3,(H,33,36). The lowest BCUT2D eigenvalue weighted by molar-refractivity contribution is -0.135. The first-order chi connectivity index (χ1) is 18.9. The van der Waals surface area contributed by atoms with Crippen LogP contribution in [-0.4, -0.2) is 50.8 Å². The van der Waals surface area contributed by atoms with Crippen LogP contribution in [-0.2, 0) is 28.0 Å². The average molecular weight is 535 g/mol. The molecule has 1 saturated heterocycles. The minimum Gasteiger partial charge on any atom is -0.497 e. The minimum absolute atomic E-state index is 0.0395. The zero-order valence-corrected chi connectivity index (χ0v) is 22.5. The zero-order chi connectivity index (χ0) is 27.7. The van der Waals surface area contributed by atoms with E-state index in [-0.39, 0.29) is 11.7 Å². The van der Waals surface area contributed by atoms with Gasteiger partial charge < -0.3 is 24.4 Å². The van der Waals surface area contributed by atoms with Gasteiger partial charge in [-0.25, -0.2) is 9.18 Å². The van der Waals surface area contributed by atoms with Crippen LogP contribution in [0, 0.1) is 5.82 Å². The summed E-state index contributed by atoms with van der Waals surface area (Å²) in [5.41, 5.74) is 1.93. The van der Waals surface area contributed by atoms with Gasteiger partial charge in [0.25, 0.3) is 0 Å². The van der Waals surface area contributed by atoms with Gasteiger partial charge in [0, 0.05) is 38.9 Å². The number of ether oxygens (including phenoxy) is 3. The van der Waals surface area contributed by atoms with Crippen LogP contribution >= 0.6 is 0 Å². The number of hydrogen-bond donors (Lipinski definition) is 1. The van der Waals surface area contributed by atoms with Crippen LogP contribution < -0.4 is 14.8 Å². The molecule has 0 saturated carbocycles. The second-order valence-corrected chi connectivity index (χ2v) is 9.61. The van der Waals surface area contributed by atoms with Crippen LogP contribution in [0.25, 0.3) is 0 Å². The van der Waals surface area contributed by atoms with Gasteiger partial charge in [-0.2, -0.15) is 0 Å². The Morgan fingerprint density at radius 2 is 1.64 bits per heavy atom. The van der Waals surface area contributed by atoms with E-state index in [2.05, 4.69) is 5.32 Å². The fourth-order valence-electron chi connectivity index (χ4n) is 4.96. The topological polar surface area (TPSA) is 77.1 Å². The Bertz CT molecular complexity index is 1240. The number of carbonyl (C=O) groups excluding carboxylic acids is 2. The van der Waals surface area contributed by atoms with E-state index in [0.717, 1.165) is 28.2 Å². The molecule has 39 heavy (non-hydrogen) atoms. The number of carbonyl (C=O) groups is 2. The third-order valence-corrected chi connectivity index (χ3v) is 7.20. The van der Waals surface area contributed by atoms with Crippen molar-refractivity contribution in [3.63, 3.8) is 0 Å². The lowest BCUT2D eigenvalue weighted by atomic mass is 9.84. The highest BCUT2D eigenvalue weighted by Gasteiger charge is 2.40. The fraction of sp³-hybridized carbons (Fsp3) is 0.355. The van der Waals surface area contributed by atoms with Crippen LogP contribution in [0.4, 0.5) is 9.18 Å². The Morgan fingerprint density at radius 3 is 2.31 bits per heavy atom. The summed E-state index contributed by atoms with van der Waals surface area (Å²) in [6, 6.07) is 21.5. The second kappa shape index (κ2) is 13.1. The maximum atomic E-state index is 13.2. The van der Waals surface area contributed by atoms with Crippen molar-refractivity contribution in [1.29, 1.82) is 0 Å². The number of nitrogens with one attached hydrogen (secondary N) is 1. The summed E-state index contributed by atoms with van der Waals surface area (Å²) in [6.07, 6.45) is 1.93. The number of nitrogens with zero attached hydrogens (tertiary/aromatic N) is 1. The highest BCUT2D eigenvalue weighted by molar-refractivity contribution is 5.76. The van der Waals surface area contributed by atoms with E-state index in [4.69, 9.17) is 14.2 Å². The van der Waals surface area contributed by atoms with Gasteiger partial charge in [0.05, 0.1) is 14.2 Å². The van der Waals surface area contributed by atoms with Gasteiger partial charge in [-0.15, -0.1) is 0 Å². The molecule has 0 spiro atoms. The molecule has 0 aliphatic carbocycles. The number of rotatable bonds is 10. The Kier molecular flexibility index (Phi) is 9.41. The minimum atomic E-state index is -0.827. The first kappa shape index (κ1) is 28.0. The quantitative estimate of drug-likeness (QED) is 0.384. The molecule has 0 atom stereocenters. The lowest BCUT2D eigenvalue weighted by Gasteiger charge is -2.41. The molecule has 0 aromatic heterocycles. The van der Waals surface area contributed by atoms with Crippen LogP contribution in [0.15, 0.2) is 72.8 Å². The molecule has 1 fully saturated rings. The Balaban J connectivity index is 1.35. The van der Waals surface area contributed by atoms with Crippen molar-refractivity contribution in [3.05, 3.63) is 95.3 Å². The summed E-state index contributed by atoms with van der Waals surface area (Å²) in [5.74, 6) is 1.19. The molecular formula is C31H35FN2O5. The van der Waals surface area contributed by atoms with Crippen molar-refractivity contribution in [2.45, 2.75) is 37.7 Å². The van der Waals surface area contributed by atoms with Gasteiger partial charge in [-0.05, 0) is 59.9 Å². The summed E-state index contributed by atoms with van der Waals surface area (Å²) >= 11 is 0. The third-order valence-electron chi connectivity index (χ3n) is 7.20. The van der Waals surface area contributed by atoms with Gasteiger partial charge in [-0.1, -0.05) is 42.5 Å². The largest absolute Gasteiger partial charge is 0.497 e. The second-order valence-electron chi connectivity index (χ2n) is 9.61. The molecule has 3 aromatic carbocycles. The molecule has 4 rings (SSSR count). The number of halogens is 1. The van der Waals surface area contributed by atoms with Crippen molar-refractivity contribution in [2.24, 2.45) is 0 Å². The summed E-state index contributed by atoms with van der Waals surface area (Å²) in [4.78, 5) is 27.7. The summed E-state index contributed by atoms with van der Waals surface area (Å²) < 4.78 is 30.0. The predicted octanol–water partition coefficient (Wildman–Crippen LogP) is 5.26. The molecule has 8 heteroatoms. The number of hydrogen-bond acceptors (Lipinski definition) is 5. The fourth-order valence-corrected chi connectivity index (χ4v) is 4.96. The summed E-state index contributed by atoms with van der Waals surface area (Å²) in [5, 5.41) is 2.87. The predicted molar refractivity (Wildman–Crippen MR) is 146 cm³/mol. The maximum absolute atomic E-state index is 13.2. The Labute approximate surface area is 228 Å². The van der Waals surface area contributed by atoms with Crippen LogP contribution in [0.1, 0.15) is 36.0 Å². The smallest absolute Gasteiger partial charge is 0.408 e. The van der Waals surface area contributed by atoms with Gasteiger partial charge in [0.15, 0.2) is 0 Å². The highest BCUT2D eigenvalue weighted by Crippen LogP contribution is 2.37. The molecule has 1 aliphatic heterocycles. The Hall–Kier alpha value is -4.07. The van der Waals surface area contributed by atoms with E-state index in [0.29, 0.717) is 51.7 Å². The van der Waals surface area contributed by atoms with Crippen molar-refractivity contribution in [3.8, 4) is 11.5 Å². The van der Waals surface area contributed by atoms with E-state index in [1.807, 2.05) is 53.4 Å². The molecule has 1 aliphatic rings. The van der Waals surface area contributed by atoms with Crippen molar-refractivity contribution >= 4 is 12.0 Å². The SMILES string of the molecule is COc1ccc(OC)c(CCNC(=O)OC2(c3ccccc3)CCN(C(=O)CCc3ccc(F)cc3)CC2)c1. The van der Waals surface area contributed by atoms with Crippen LogP contribution in [0.5, 0.6) is 11.5 Å². The normalized spacial score (nSPS) is 14.4. The van der Waals surface area contributed by atoms with Crippen LogP contribution in [0.3, 0.4) is 0 Å². The molecular weight excluding hydrogens is 499 g/mol. The van der Waals surface area contributed by atoms with Crippen molar-refractivity contribution < 1.29 is 28.2 Å². The van der Waals surface area contributed by atoms with Gasteiger partial charge in [0.1, 0.15) is 22.9 Å². The number of likely N-dealkylation sites (tertiary alicyclic amines) is 1. The summed E-state index contributed by atoms with van der Waals surface area (Å²) in [7, 11) is 3.21. The number of aryl methyl sites for hydroxylation is 1. The number of methoxy groups -OCH3 is 2. The first-order valence-corrected chi connectivity index (χ1v) is 13.2. The average Bonchev–Trinajstić information content (AvgIpc) is 2.97. The van der Waals surface area contributed by atoms with Gasteiger partial charge in [0.2, 0.25) is 5.91 Å². The number of piperidine rings is 1. The van der Waals surface area contributed by atoms with E-state index < -0.39 is 11.7 Å². The van der Waals surface area contributed by atoms with Gasteiger partial charge >= 0.3 is 6.09 Å². The maximum Gasteiger partial charge on any atom is 0.408 e.